The third kappa shape index (κ3) is 4.57. The Labute approximate surface area is 149 Å². The van der Waals surface area contributed by atoms with Crippen molar-refractivity contribution in [3.05, 3.63) is 70.0 Å². The molecule has 4 nitrogen and oxygen atoms in total. The highest BCUT2D eigenvalue weighted by molar-refractivity contribution is 7.09. The Hall–Kier alpha value is -2.37. The summed E-state index contributed by atoms with van der Waals surface area (Å²) in [6, 6.07) is 16.8. The predicted octanol–water partition coefficient (Wildman–Crippen LogP) is 4.16. The van der Waals surface area contributed by atoms with E-state index in [0.29, 0.717) is 17.3 Å². The smallest absolute Gasteiger partial charge is 0.258 e. The van der Waals surface area contributed by atoms with Gasteiger partial charge in [-0.25, -0.2) is 4.98 Å². The van der Waals surface area contributed by atoms with E-state index in [1.54, 1.807) is 0 Å². The highest BCUT2D eigenvalue weighted by atomic mass is 35.5. The van der Waals surface area contributed by atoms with Gasteiger partial charge in [-0.1, -0.05) is 41.9 Å². The largest absolute Gasteiger partial charge is 0.484 e. The third-order valence-electron chi connectivity index (χ3n) is 3.24. The zero-order valence-electron chi connectivity index (χ0n) is 12.7. The van der Waals surface area contributed by atoms with Gasteiger partial charge in [0.15, 0.2) is 6.61 Å². The SMILES string of the molecule is O=C(COc1ccccc1)NCc1nc(-c2ccc(Cl)cc2)cs1. The van der Waals surface area contributed by atoms with E-state index in [9.17, 15) is 4.79 Å². The van der Waals surface area contributed by atoms with E-state index >= 15 is 0 Å². The van der Waals surface area contributed by atoms with Gasteiger partial charge in [0.25, 0.3) is 5.91 Å². The highest BCUT2D eigenvalue weighted by Gasteiger charge is 2.07. The van der Waals surface area contributed by atoms with Crippen LogP contribution < -0.4 is 10.1 Å². The van der Waals surface area contributed by atoms with Crippen LogP contribution >= 0.6 is 22.9 Å². The first-order valence-corrected chi connectivity index (χ1v) is 8.61. The van der Waals surface area contributed by atoms with Gasteiger partial charge in [-0.3, -0.25) is 4.79 Å². The number of benzene rings is 2. The van der Waals surface area contributed by atoms with Crippen molar-refractivity contribution in [3.8, 4) is 17.0 Å². The standard InChI is InChI=1S/C18H15ClN2O2S/c19-14-8-6-13(7-9-14)16-12-24-18(21-16)10-20-17(22)11-23-15-4-2-1-3-5-15/h1-9,12H,10-11H2,(H,20,22). The molecule has 0 fully saturated rings. The number of para-hydroxylation sites is 1. The molecular weight excluding hydrogens is 344 g/mol. The number of carbonyl (C=O) groups is 1. The molecule has 122 valence electrons. The minimum absolute atomic E-state index is 0.0145. The minimum atomic E-state index is -0.179. The van der Waals surface area contributed by atoms with Crippen LogP contribution in [0.3, 0.4) is 0 Å². The number of amides is 1. The zero-order chi connectivity index (χ0) is 16.8. The Morgan fingerprint density at radius 3 is 2.62 bits per heavy atom. The fraction of sp³-hybridized carbons (Fsp3) is 0.111. The van der Waals surface area contributed by atoms with Gasteiger partial charge < -0.3 is 10.1 Å². The number of halogens is 1. The molecule has 0 saturated heterocycles. The van der Waals surface area contributed by atoms with Crippen molar-refractivity contribution in [2.75, 3.05) is 6.61 Å². The molecule has 3 aromatic rings. The Bertz CT molecular complexity index is 803. The quantitative estimate of drug-likeness (QED) is 0.719. The van der Waals surface area contributed by atoms with Crippen LogP contribution in [0.15, 0.2) is 60.0 Å². The summed E-state index contributed by atoms with van der Waals surface area (Å²) < 4.78 is 5.40. The van der Waals surface area contributed by atoms with Crippen molar-refractivity contribution in [1.82, 2.24) is 10.3 Å². The van der Waals surface area contributed by atoms with Gasteiger partial charge >= 0.3 is 0 Å². The number of nitrogens with one attached hydrogen (secondary N) is 1. The molecule has 0 radical (unpaired) electrons. The van der Waals surface area contributed by atoms with E-state index in [1.807, 2.05) is 60.0 Å². The Morgan fingerprint density at radius 2 is 1.88 bits per heavy atom. The molecule has 0 spiro atoms. The lowest BCUT2D eigenvalue weighted by Crippen LogP contribution is -2.28. The second-order valence-corrected chi connectivity index (χ2v) is 6.39. The molecule has 0 aliphatic rings. The maximum Gasteiger partial charge on any atom is 0.258 e. The second kappa shape index (κ2) is 7.95. The lowest BCUT2D eigenvalue weighted by molar-refractivity contribution is -0.123. The average Bonchev–Trinajstić information content (AvgIpc) is 3.09. The maximum absolute atomic E-state index is 11.8. The number of hydrogen-bond donors (Lipinski definition) is 1. The van der Waals surface area contributed by atoms with Crippen molar-refractivity contribution in [2.24, 2.45) is 0 Å². The predicted molar refractivity (Wildman–Crippen MR) is 96.3 cm³/mol. The first-order chi connectivity index (χ1) is 11.7. The first kappa shape index (κ1) is 16.5. The van der Waals surface area contributed by atoms with Gasteiger partial charge in [0, 0.05) is 16.0 Å². The molecule has 1 N–H and O–H groups in total. The van der Waals surface area contributed by atoms with Crippen molar-refractivity contribution in [3.63, 3.8) is 0 Å². The highest BCUT2D eigenvalue weighted by Crippen LogP contribution is 2.23. The summed E-state index contributed by atoms with van der Waals surface area (Å²) in [6.45, 7) is 0.370. The van der Waals surface area contributed by atoms with E-state index in [-0.39, 0.29) is 12.5 Å². The molecule has 0 aliphatic heterocycles. The van der Waals surface area contributed by atoms with Crippen LogP contribution in [0.25, 0.3) is 11.3 Å². The van der Waals surface area contributed by atoms with Crippen LogP contribution in [0.2, 0.25) is 5.02 Å². The molecular formula is C18H15ClN2O2S. The summed E-state index contributed by atoms with van der Waals surface area (Å²) >= 11 is 7.39. The molecule has 0 unspecified atom stereocenters. The number of rotatable bonds is 6. The number of carbonyl (C=O) groups excluding carboxylic acids is 1. The molecule has 0 aliphatic carbocycles. The van der Waals surface area contributed by atoms with Gasteiger partial charge in [-0.15, -0.1) is 11.3 Å². The van der Waals surface area contributed by atoms with Gasteiger partial charge in [0.1, 0.15) is 10.8 Å². The zero-order valence-corrected chi connectivity index (χ0v) is 14.3. The Morgan fingerprint density at radius 1 is 1.12 bits per heavy atom. The number of aromatic nitrogens is 1. The normalized spacial score (nSPS) is 10.4. The van der Waals surface area contributed by atoms with Crippen LogP contribution in [0.5, 0.6) is 5.75 Å². The molecule has 1 amide bonds. The lowest BCUT2D eigenvalue weighted by atomic mass is 10.2. The first-order valence-electron chi connectivity index (χ1n) is 7.35. The summed E-state index contributed by atoms with van der Waals surface area (Å²) in [4.78, 5) is 16.4. The van der Waals surface area contributed by atoms with Crippen LogP contribution in [-0.2, 0) is 11.3 Å². The van der Waals surface area contributed by atoms with Crippen molar-refractivity contribution < 1.29 is 9.53 Å². The fourth-order valence-electron chi connectivity index (χ4n) is 2.04. The third-order valence-corrected chi connectivity index (χ3v) is 4.34. The van der Waals surface area contributed by atoms with E-state index in [0.717, 1.165) is 16.3 Å². The number of nitrogens with zero attached hydrogens (tertiary/aromatic N) is 1. The molecule has 24 heavy (non-hydrogen) atoms. The molecule has 0 atom stereocenters. The Kier molecular flexibility index (Phi) is 5.46. The van der Waals surface area contributed by atoms with E-state index < -0.39 is 0 Å². The monoisotopic (exact) mass is 358 g/mol. The Balaban J connectivity index is 1.50. The van der Waals surface area contributed by atoms with E-state index in [4.69, 9.17) is 16.3 Å². The van der Waals surface area contributed by atoms with Crippen LogP contribution in [-0.4, -0.2) is 17.5 Å². The molecule has 0 bridgehead atoms. The summed E-state index contributed by atoms with van der Waals surface area (Å²) in [5.74, 6) is 0.494. The van der Waals surface area contributed by atoms with Crippen LogP contribution in [0, 0.1) is 0 Å². The molecule has 2 aromatic carbocycles. The summed E-state index contributed by atoms with van der Waals surface area (Å²) in [5, 5.41) is 6.30. The van der Waals surface area contributed by atoms with Crippen LogP contribution in [0.4, 0.5) is 0 Å². The summed E-state index contributed by atoms with van der Waals surface area (Å²) in [5.41, 5.74) is 1.88. The number of ether oxygens (including phenoxy) is 1. The van der Waals surface area contributed by atoms with Crippen molar-refractivity contribution in [1.29, 1.82) is 0 Å². The lowest BCUT2D eigenvalue weighted by Gasteiger charge is -2.06. The average molecular weight is 359 g/mol. The molecule has 6 heteroatoms. The summed E-state index contributed by atoms with van der Waals surface area (Å²) in [7, 11) is 0. The maximum atomic E-state index is 11.8. The van der Waals surface area contributed by atoms with Gasteiger partial charge in [0.2, 0.25) is 0 Å². The van der Waals surface area contributed by atoms with E-state index in [1.165, 1.54) is 11.3 Å². The molecule has 1 heterocycles. The molecule has 1 aromatic heterocycles. The van der Waals surface area contributed by atoms with E-state index in [2.05, 4.69) is 10.3 Å². The van der Waals surface area contributed by atoms with Crippen molar-refractivity contribution in [2.45, 2.75) is 6.54 Å². The van der Waals surface area contributed by atoms with Crippen LogP contribution in [0.1, 0.15) is 5.01 Å². The molecule has 3 rings (SSSR count). The summed E-state index contributed by atoms with van der Waals surface area (Å²) in [6.07, 6.45) is 0. The fourth-order valence-corrected chi connectivity index (χ4v) is 2.91. The minimum Gasteiger partial charge on any atom is -0.484 e. The second-order valence-electron chi connectivity index (χ2n) is 5.01. The van der Waals surface area contributed by atoms with Crippen molar-refractivity contribution >= 4 is 28.8 Å². The number of hydrogen-bond acceptors (Lipinski definition) is 4. The van der Waals surface area contributed by atoms with Gasteiger partial charge in [-0.05, 0) is 24.3 Å². The van der Waals surface area contributed by atoms with Gasteiger partial charge in [0.05, 0.1) is 12.2 Å². The number of thiazole rings is 1. The molecule has 0 saturated carbocycles. The topological polar surface area (TPSA) is 51.2 Å². The van der Waals surface area contributed by atoms with Gasteiger partial charge in [-0.2, -0.15) is 0 Å².